The number of hydrogen-bond donors (Lipinski definition) is 4. The van der Waals surface area contributed by atoms with Gasteiger partial charge in [0.2, 0.25) is 0 Å². The van der Waals surface area contributed by atoms with Crippen molar-refractivity contribution in [3.05, 3.63) is 58.7 Å². The van der Waals surface area contributed by atoms with Gasteiger partial charge in [0.25, 0.3) is 0 Å². The van der Waals surface area contributed by atoms with E-state index in [2.05, 4.69) is 0 Å². The number of phenolic OH excluding ortho intramolecular Hbond substituents is 2. The van der Waals surface area contributed by atoms with Crippen molar-refractivity contribution in [2.75, 3.05) is 5.48 Å². The molecule has 154 valence electrons. The molecule has 0 atom stereocenters. The van der Waals surface area contributed by atoms with Crippen molar-refractivity contribution in [1.82, 2.24) is 0 Å². The molecule has 0 amide bonds. The SMILES string of the molecule is CCC=C(OC(C)C)c1cc(O)c(O)c(NO)c1C(=O)c1ccc(C(C)=O)cc1. The third-order valence-corrected chi connectivity index (χ3v) is 4.19. The van der Waals surface area contributed by atoms with Gasteiger partial charge in [-0.2, -0.15) is 0 Å². The maximum Gasteiger partial charge on any atom is 0.196 e. The Morgan fingerprint density at radius 3 is 2.21 bits per heavy atom. The van der Waals surface area contributed by atoms with Crippen molar-refractivity contribution in [1.29, 1.82) is 0 Å². The van der Waals surface area contributed by atoms with E-state index in [4.69, 9.17) is 4.74 Å². The average Bonchev–Trinajstić information content (AvgIpc) is 2.68. The van der Waals surface area contributed by atoms with Gasteiger partial charge in [0.05, 0.1) is 11.7 Å². The van der Waals surface area contributed by atoms with Crippen LogP contribution in [0.5, 0.6) is 11.5 Å². The second kappa shape index (κ2) is 9.25. The fourth-order valence-corrected chi connectivity index (χ4v) is 2.86. The van der Waals surface area contributed by atoms with Crippen molar-refractivity contribution in [3.63, 3.8) is 0 Å². The van der Waals surface area contributed by atoms with E-state index < -0.39 is 17.3 Å². The number of phenols is 2. The van der Waals surface area contributed by atoms with E-state index in [1.165, 1.54) is 37.3 Å². The number of ether oxygens (including phenoxy) is 1. The fourth-order valence-electron chi connectivity index (χ4n) is 2.86. The molecule has 0 aliphatic heterocycles. The molecule has 0 saturated carbocycles. The zero-order valence-corrected chi connectivity index (χ0v) is 16.8. The van der Waals surface area contributed by atoms with Gasteiger partial charge in [0, 0.05) is 16.7 Å². The van der Waals surface area contributed by atoms with E-state index in [-0.39, 0.29) is 34.3 Å². The predicted octanol–water partition coefficient (Wildman–Crippen LogP) is 4.51. The molecule has 0 aromatic heterocycles. The van der Waals surface area contributed by atoms with Gasteiger partial charge in [-0.05, 0) is 39.3 Å². The molecule has 0 radical (unpaired) electrons. The number of carbonyl (C=O) groups excluding carboxylic acids is 2. The van der Waals surface area contributed by atoms with E-state index in [0.29, 0.717) is 17.7 Å². The molecule has 0 fully saturated rings. The summed E-state index contributed by atoms with van der Waals surface area (Å²) >= 11 is 0. The predicted molar refractivity (Wildman–Crippen MR) is 110 cm³/mol. The molecule has 0 spiro atoms. The standard InChI is InChI=1S/C22H25NO6/c1-5-6-18(29-12(2)3)16-11-17(25)22(27)20(23-28)19(16)21(26)15-9-7-14(8-10-15)13(4)24/h6-12,23,25,27-28H,5H2,1-4H3. The van der Waals surface area contributed by atoms with Crippen molar-refractivity contribution in [3.8, 4) is 11.5 Å². The highest BCUT2D eigenvalue weighted by molar-refractivity contribution is 6.16. The van der Waals surface area contributed by atoms with Crippen LogP contribution in [-0.2, 0) is 4.74 Å². The molecule has 2 rings (SSSR count). The van der Waals surface area contributed by atoms with E-state index in [0.717, 1.165) is 0 Å². The summed E-state index contributed by atoms with van der Waals surface area (Å²) < 4.78 is 5.81. The van der Waals surface area contributed by atoms with Gasteiger partial charge >= 0.3 is 0 Å². The van der Waals surface area contributed by atoms with E-state index in [1.54, 1.807) is 6.08 Å². The van der Waals surface area contributed by atoms with E-state index in [9.17, 15) is 25.0 Å². The molecule has 0 aliphatic rings. The normalized spacial score (nSPS) is 11.4. The minimum Gasteiger partial charge on any atom is -0.504 e. The first kappa shape index (κ1) is 22.0. The number of anilines is 1. The summed E-state index contributed by atoms with van der Waals surface area (Å²) in [4.78, 5) is 24.8. The minimum absolute atomic E-state index is 0.0706. The number of ketones is 2. The van der Waals surface area contributed by atoms with Crippen molar-refractivity contribution >= 4 is 23.0 Å². The molecule has 2 aromatic rings. The van der Waals surface area contributed by atoms with Crippen molar-refractivity contribution in [2.24, 2.45) is 0 Å². The van der Waals surface area contributed by atoms with Crippen molar-refractivity contribution in [2.45, 2.75) is 40.2 Å². The molecule has 0 unspecified atom stereocenters. The number of nitrogens with one attached hydrogen (secondary N) is 1. The van der Waals surface area contributed by atoms with Gasteiger partial charge in [-0.3, -0.25) is 20.3 Å². The Morgan fingerprint density at radius 1 is 1.14 bits per heavy atom. The first-order valence-electron chi connectivity index (χ1n) is 9.23. The Hall–Kier alpha value is -3.32. The molecule has 29 heavy (non-hydrogen) atoms. The number of carbonyl (C=O) groups is 2. The van der Waals surface area contributed by atoms with Crippen molar-refractivity contribution < 1.29 is 29.7 Å². The van der Waals surface area contributed by atoms with Crippen LogP contribution in [0.15, 0.2) is 36.4 Å². The molecule has 2 aromatic carbocycles. The number of allylic oxidation sites excluding steroid dienone is 1. The molecule has 7 heteroatoms. The maximum absolute atomic E-state index is 13.3. The van der Waals surface area contributed by atoms with Crippen LogP contribution in [0.2, 0.25) is 0 Å². The molecule has 0 bridgehead atoms. The summed E-state index contributed by atoms with van der Waals surface area (Å²) in [6.45, 7) is 6.94. The molecule has 0 heterocycles. The van der Waals surface area contributed by atoms with Crippen LogP contribution in [-0.4, -0.2) is 33.1 Å². The second-order valence-electron chi connectivity index (χ2n) is 6.76. The van der Waals surface area contributed by atoms with E-state index in [1.807, 2.05) is 26.3 Å². The summed E-state index contributed by atoms with van der Waals surface area (Å²) in [5.74, 6) is -1.52. The first-order chi connectivity index (χ1) is 13.7. The van der Waals surface area contributed by atoms with Crippen LogP contribution in [0.1, 0.15) is 66.0 Å². The lowest BCUT2D eigenvalue weighted by atomic mass is 9.93. The zero-order chi connectivity index (χ0) is 21.7. The molecular weight excluding hydrogens is 374 g/mol. The number of Topliss-reactive ketones (excluding diaryl/α,β-unsaturated/α-hetero) is 1. The van der Waals surface area contributed by atoms with Gasteiger partial charge in [-0.15, -0.1) is 0 Å². The summed E-state index contributed by atoms with van der Waals surface area (Å²) in [5.41, 5.74) is 2.30. The lowest BCUT2D eigenvalue weighted by molar-refractivity contribution is 0.101. The fraction of sp³-hybridized carbons (Fsp3) is 0.273. The Kier molecular flexibility index (Phi) is 7.01. The van der Waals surface area contributed by atoms with Crippen LogP contribution < -0.4 is 5.48 Å². The molecule has 4 N–H and O–H groups in total. The average molecular weight is 399 g/mol. The summed E-state index contributed by atoms with van der Waals surface area (Å²) in [7, 11) is 0. The maximum atomic E-state index is 13.3. The highest BCUT2D eigenvalue weighted by atomic mass is 16.5. The summed E-state index contributed by atoms with van der Waals surface area (Å²) in [6, 6.07) is 7.24. The zero-order valence-electron chi connectivity index (χ0n) is 16.8. The smallest absolute Gasteiger partial charge is 0.196 e. The summed E-state index contributed by atoms with van der Waals surface area (Å²) in [6.07, 6.45) is 2.11. The molecule has 0 aliphatic carbocycles. The highest BCUT2D eigenvalue weighted by Gasteiger charge is 2.26. The largest absolute Gasteiger partial charge is 0.504 e. The third-order valence-electron chi connectivity index (χ3n) is 4.19. The number of benzene rings is 2. The van der Waals surface area contributed by atoms with E-state index >= 15 is 0 Å². The minimum atomic E-state index is -0.666. The Bertz CT molecular complexity index is 945. The van der Waals surface area contributed by atoms with Crippen LogP contribution in [0.3, 0.4) is 0 Å². The van der Waals surface area contributed by atoms with Gasteiger partial charge in [-0.25, -0.2) is 0 Å². The molecular formula is C22H25NO6. The quantitative estimate of drug-likeness (QED) is 0.223. The second-order valence-corrected chi connectivity index (χ2v) is 6.76. The van der Waals surface area contributed by atoms with Gasteiger partial charge < -0.3 is 14.9 Å². The number of aromatic hydroxyl groups is 2. The van der Waals surface area contributed by atoms with Crippen LogP contribution in [0.25, 0.3) is 5.76 Å². The lowest BCUT2D eigenvalue weighted by Crippen LogP contribution is -2.12. The Morgan fingerprint density at radius 2 is 1.72 bits per heavy atom. The van der Waals surface area contributed by atoms with Gasteiger partial charge in [0.1, 0.15) is 11.4 Å². The van der Waals surface area contributed by atoms with Crippen LogP contribution in [0.4, 0.5) is 5.69 Å². The topological polar surface area (TPSA) is 116 Å². The lowest BCUT2D eigenvalue weighted by Gasteiger charge is -2.20. The first-order valence-corrected chi connectivity index (χ1v) is 9.23. The van der Waals surface area contributed by atoms with Crippen LogP contribution >= 0.6 is 0 Å². The number of rotatable bonds is 8. The van der Waals surface area contributed by atoms with Crippen LogP contribution in [0, 0.1) is 0 Å². The molecule has 0 saturated heterocycles. The number of hydrogen-bond acceptors (Lipinski definition) is 7. The monoisotopic (exact) mass is 399 g/mol. The Balaban J connectivity index is 2.73. The van der Waals surface area contributed by atoms with Gasteiger partial charge in [-0.1, -0.05) is 31.2 Å². The summed E-state index contributed by atoms with van der Waals surface area (Å²) in [5, 5.41) is 29.9. The Labute approximate surface area is 169 Å². The van der Waals surface area contributed by atoms with Gasteiger partial charge in [0.15, 0.2) is 23.1 Å². The third kappa shape index (κ3) is 4.75. The molecule has 7 nitrogen and oxygen atoms in total. The highest BCUT2D eigenvalue weighted by Crippen LogP contribution is 2.42.